The predicted octanol–water partition coefficient (Wildman–Crippen LogP) is -0.220. The highest BCUT2D eigenvalue weighted by Crippen LogP contribution is 1.86. The molecule has 0 bridgehead atoms. The summed E-state index contributed by atoms with van der Waals surface area (Å²) in [5.41, 5.74) is 0. The molecular formula is C16H33NO8. The molecule has 0 aromatic rings. The summed E-state index contributed by atoms with van der Waals surface area (Å²) in [7, 11) is 1.89. The van der Waals surface area contributed by atoms with Gasteiger partial charge in [-0.05, 0) is 7.05 Å². The van der Waals surface area contributed by atoms with Gasteiger partial charge < -0.3 is 38.8 Å². The third kappa shape index (κ3) is 23.2. The summed E-state index contributed by atoms with van der Waals surface area (Å²) in [6, 6.07) is 0. The van der Waals surface area contributed by atoms with Crippen molar-refractivity contribution in [1.29, 1.82) is 0 Å². The molecule has 0 fully saturated rings. The fourth-order valence-corrected chi connectivity index (χ4v) is 1.54. The van der Waals surface area contributed by atoms with Crippen molar-refractivity contribution in [3.8, 4) is 0 Å². The van der Waals surface area contributed by atoms with Gasteiger partial charge in [0.25, 0.3) is 0 Å². The van der Waals surface area contributed by atoms with Gasteiger partial charge in [0.1, 0.15) is 0 Å². The van der Waals surface area contributed by atoms with Crippen LogP contribution < -0.4 is 5.32 Å². The molecule has 0 atom stereocenters. The lowest BCUT2D eigenvalue weighted by Gasteiger charge is -2.08. The minimum atomic E-state index is -0.864. The molecule has 9 nitrogen and oxygen atoms in total. The van der Waals surface area contributed by atoms with Gasteiger partial charge in [0, 0.05) is 6.54 Å². The maximum absolute atomic E-state index is 10.2. The Morgan fingerprint density at radius 2 is 0.960 bits per heavy atom. The monoisotopic (exact) mass is 367 g/mol. The molecule has 0 heterocycles. The topological polar surface area (TPSA) is 105 Å². The minimum absolute atomic E-state index is 0.0125. The Kier molecular flexibility index (Phi) is 20.5. The van der Waals surface area contributed by atoms with E-state index in [1.165, 1.54) is 0 Å². The first-order valence-electron chi connectivity index (χ1n) is 8.60. The number of hydrogen-bond donors (Lipinski definition) is 2. The maximum atomic E-state index is 10.2. The third-order valence-electron chi connectivity index (χ3n) is 2.82. The van der Waals surface area contributed by atoms with Crippen LogP contribution in [-0.2, 0) is 33.2 Å². The van der Waals surface area contributed by atoms with Crippen LogP contribution in [0.5, 0.6) is 0 Å². The average molecular weight is 367 g/mol. The molecule has 0 aromatic carbocycles. The Morgan fingerprint density at radius 1 is 0.640 bits per heavy atom. The lowest BCUT2D eigenvalue weighted by atomic mass is 10.5. The van der Waals surface area contributed by atoms with Gasteiger partial charge in [0.2, 0.25) is 0 Å². The molecule has 150 valence electrons. The number of carboxylic acids is 1. The molecule has 0 saturated carbocycles. The SMILES string of the molecule is CNCCOCCOCCOCCOCCOCCOCCC(=O)O. The van der Waals surface area contributed by atoms with E-state index in [1.807, 2.05) is 7.05 Å². The van der Waals surface area contributed by atoms with Crippen LogP contribution in [0.2, 0.25) is 0 Å². The second-order valence-electron chi connectivity index (χ2n) is 4.92. The third-order valence-corrected chi connectivity index (χ3v) is 2.82. The van der Waals surface area contributed by atoms with Gasteiger partial charge in [-0.25, -0.2) is 0 Å². The summed E-state index contributed by atoms with van der Waals surface area (Å²) in [4.78, 5) is 10.2. The Bertz CT molecular complexity index is 281. The van der Waals surface area contributed by atoms with E-state index < -0.39 is 5.97 Å². The summed E-state index contributed by atoms with van der Waals surface area (Å²) >= 11 is 0. The van der Waals surface area contributed by atoms with Crippen molar-refractivity contribution in [3.05, 3.63) is 0 Å². The number of carbonyl (C=O) groups is 1. The molecule has 0 radical (unpaired) electrons. The standard InChI is InChI=1S/C16H33NO8/c1-17-3-5-21-7-9-23-11-13-25-15-14-24-12-10-22-8-6-20-4-2-16(18)19/h17H,2-15H2,1H3,(H,18,19). The number of aliphatic carboxylic acids is 1. The number of rotatable bonds is 21. The van der Waals surface area contributed by atoms with Crippen molar-refractivity contribution in [1.82, 2.24) is 5.32 Å². The fourth-order valence-electron chi connectivity index (χ4n) is 1.54. The highest BCUT2D eigenvalue weighted by Gasteiger charge is 1.96. The quantitative estimate of drug-likeness (QED) is 0.266. The predicted molar refractivity (Wildman–Crippen MR) is 91.1 cm³/mol. The van der Waals surface area contributed by atoms with E-state index >= 15 is 0 Å². The highest BCUT2D eigenvalue weighted by atomic mass is 16.6. The summed E-state index contributed by atoms with van der Waals surface area (Å²) in [5.74, 6) is -0.864. The van der Waals surface area contributed by atoms with Crippen LogP contribution in [0.1, 0.15) is 6.42 Å². The molecule has 0 aromatic heterocycles. The molecule has 0 amide bonds. The molecule has 0 rings (SSSR count). The number of ether oxygens (including phenoxy) is 6. The van der Waals surface area contributed by atoms with E-state index in [-0.39, 0.29) is 13.0 Å². The van der Waals surface area contributed by atoms with E-state index in [0.717, 1.165) is 6.54 Å². The maximum Gasteiger partial charge on any atom is 0.305 e. The van der Waals surface area contributed by atoms with Crippen molar-refractivity contribution in [3.63, 3.8) is 0 Å². The van der Waals surface area contributed by atoms with E-state index in [9.17, 15) is 4.79 Å². The fraction of sp³-hybridized carbons (Fsp3) is 0.938. The first-order valence-corrected chi connectivity index (χ1v) is 8.60. The smallest absolute Gasteiger partial charge is 0.305 e. The lowest BCUT2D eigenvalue weighted by molar-refractivity contribution is -0.138. The molecule has 0 aliphatic heterocycles. The van der Waals surface area contributed by atoms with Crippen LogP contribution in [0.25, 0.3) is 0 Å². The highest BCUT2D eigenvalue weighted by molar-refractivity contribution is 5.66. The molecule has 0 aliphatic rings. The molecule has 25 heavy (non-hydrogen) atoms. The van der Waals surface area contributed by atoms with Crippen LogP contribution in [0.15, 0.2) is 0 Å². The van der Waals surface area contributed by atoms with Crippen molar-refractivity contribution < 1.29 is 38.3 Å². The first kappa shape index (κ1) is 24.2. The summed E-state index contributed by atoms with van der Waals surface area (Å²) in [6.45, 7) is 6.76. The van der Waals surface area contributed by atoms with Crippen LogP contribution in [0.4, 0.5) is 0 Å². The van der Waals surface area contributed by atoms with Crippen molar-refractivity contribution in [2.45, 2.75) is 6.42 Å². The van der Waals surface area contributed by atoms with Gasteiger partial charge in [-0.2, -0.15) is 0 Å². The molecule has 0 aliphatic carbocycles. The minimum Gasteiger partial charge on any atom is -0.481 e. The van der Waals surface area contributed by atoms with E-state index in [1.54, 1.807) is 0 Å². The first-order chi connectivity index (χ1) is 12.3. The molecule has 0 saturated heterocycles. The van der Waals surface area contributed by atoms with Crippen LogP contribution >= 0.6 is 0 Å². The zero-order valence-corrected chi connectivity index (χ0v) is 15.2. The van der Waals surface area contributed by atoms with Crippen LogP contribution in [-0.4, -0.2) is 104 Å². The van der Waals surface area contributed by atoms with Gasteiger partial charge in [0.15, 0.2) is 0 Å². The second kappa shape index (κ2) is 21.2. The molecular weight excluding hydrogens is 334 g/mol. The zero-order valence-electron chi connectivity index (χ0n) is 15.2. The molecule has 9 heteroatoms. The number of carboxylic acid groups (broad SMARTS) is 1. The number of likely N-dealkylation sites (N-methyl/N-ethyl adjacent to an activating group) is 1. The van der Waals surface area contributed by atoms with E-state index in [4.69, 9.17) is 33.5 Å². The Labute approximate surface area is 149 Å². The van der Waals surface area contributed by atoms with Gasteiger partial charge in [-0.1, -0.05) is 0 Å². The van der Waals surface area contributed by atoms with Gasteiger partial charge in [0.05, 0.1) is 85.7 Å². The largest absolute Gasteiger partial charge is 0.481 e. The van der Waals surface area contributed by atoms with E-state index in [2.05, 4.69) is 5.32 Å². The van der Waals surface area contributed by atoms with Crippen LogP contribution in [0, 0.1) is 0 Å². The van der Waals surface area contributed by atoms with Crippen molar-refractivity contribution >= 4 is 5.97 Å². The van der Waals surface area contributed by atoms with Gasteiger partial charge in [-0.15, -0.1) is 0 Å². The normalized spacial score (nSPS) is 11.1. The second-order valence-corrected chi connectivity index (χ2v) is 4.92. The Morgan fingerprint density at radius 3 is 1.28 bits per heavy atom. The summed E-state index contributed by atoms with van der Waals surface area (Å²) in [5, 5.41) is 11.4. The molecule has 0 spiro atoms. The number of hydrogen-bond acceptors (Lipinski definition) is 8. The zero-order chi connectivity index (χ0) is 18.4. The molecule has 2 N–H and O–H groups in total. The van der Waals surface area contributed by atoms with Gasteiger partial charge >= 0.3 is 5.97 Å². The molecule has 0 unspecified atom stereocenters. The van der Waals surface area contributed by atoms with E-state index in [0.29, 0.717) is 72.7 Å². The number of nitrogens with one attached hydrogen (secondary N) is 1. The van der Waals surface area contributed by atoms with Crippen molar-refractivity contribution in [2.75, 3.05) is 92.9 Å². The average Bonchev–Trinajstić information content (AvgIpc) is 2.60. The van der Waals surface area contributed by atoms with Crippen molar-refractivity contribution in [2.24, 2.45) is 0 Å². The summed E-state index contributed by atoms with van der Waals surface area (Å²) in [6.07, 6.45) is 0.0125. The Balaban J connectivity index is 2.97. The lowest BCUT2D eigenvalue weighted by Crippen LogP contribution is -2.17. The van der Waals surface area contributed by atoms with Gasteiger partial charge in [-0.3, -0.25) is 4.79 Å². The Hall–Kier alpha value is -0.810. The summed E-state index contributed by atoms with van der Waals surface area (Å²) < 4.78 is 31.7. The van der Waals surface area contributed by atoms with Crippen LogP contribution in [0.3, 0.4) is 0 Å².